The molecule has 0 aliphatic carbocycles. The van der Waals surface area contributed by atoms with E-state index in [4.69, 9.17) is 0 Å². The summed E-state index contributed by atoms with van der Waals surface area (Å²) < 4.78 is 1.12. The fourth-order valence-corrected chi connectivity index (χ4v) is 2.64. The molecule has 0 aliphatic heterocycles. The van der Waals surface area contributed by atoms with Gasteiger partial charge in [-0.25, -0.2) is 0 Å². The zero-order valence-corrected chi connectivity index (χ0v) is 13.3. The van der Waals surface area contributed by atoms with E-state index in [9.17, 15) is 0 Å². The molecule has 2 aromatic carbocycles. The van der Waals surface area contributed by atoms with E-state index in [-0.39, 0.29) is 0 Å². The van der Waals surface area contributed by atoms with E-state index in [1.54, 1.807) is 0 Å². The number of rotatable bonds is 4. The first-order valence-electron chi connectivity index (χ1n) is 6.69. The topological polar surface area (TPSA) is 12.0 Å². The van der Waals surface area contributed by atoms with Crippen molar-refractivity contribution in [1.29, 1.82) is 0 Å². The van der Waals surface area contributed by atoms with Gasteiger partial charge in [0.2, 0.25) is 0 Å². The Hall–Kier alpha value is -1.28. The van der Waals surface area contributed by atoms with E-state index in [1.165, 1.54) is 22.4 Å². The first kappa shape index (κ1) is 14.1. The minimum absolute atomic E-state index is 0.356. The molecule has 0 bridgehead atoms. The molecule has 19 heavy (non-hydrogen) atoms. The summed E-state index contributed by atoms with van der Waals surface area (Å²) in [5.41, 5.74) is 5.12. The number of hydrogen-bond acceptors (Lipinski definition) is 1. The van der Waals surface area contributed by atoms with Crippen molar-refractivity contribution in [3.63, 3.8) is 0 Å². The summed E-state index contributed by atoms with van der Waals surface area (Å²) in [6, 6.07) is 15.5. The van der Waals surface area contributed by atoms with E-state index in [0.29, 0.717) is 6.04 Å². The largest absolute Gasteiger partial charge is 0.378 e. The maximum absolute atomic E-state index is 3.63. The van der Waals surface area contributed by atoms with Gasteiger partial charge in [-0.3, -0.25) is 0 Å². The van der Waals surface area contributed by atoms with Crippen molar-refractivity contribution >= 4 is 21.6 Å². The lowest BCUT2D eigenvalue weighted by Gasteiger charge is -2.19. The molecule has 0 spiro atoms. The second-order valence-electron chi connectivity index (χ2n) is 5.03. The number of aryl methyl sites for hydroxylation is 2. The molecule has 1 unspecified atom stereocenters. The zero-order chi connectivity index (χ0) is 13.8. The molecular formula is C17H20BrN. The van der Waals surface area contributed by atoms with Crippen LogP contribution in [0.25, 0.3) is 0 Å². The predicted molar refractivity (Wildman–Crippen MR) is 86.7 cm³/mol. The van der Waals surface area contributed by atoms with Crippen LogP contribution in [0.5, 0.6) is 0 Å². The van der Waals surface area contributed by atoms with Crippen LogP contribution >= 0.6 is 15.9 Å². The highest BCUT2D eigenvalue weighted by atomic mass is 79.9. The van der Waals surface area contributed by atoms with Crippen molar-refractivity contribution in [2.45, 2.75) is 33.2 Å². The SMILES string of the molecule is CCC(Nc1cc(C)cc(C)c1)c1ccc(Br)cc1. The van der Waals surface area contributed by atoms with E-state index in [2.05, 4.69) is 84.5 Å². The summed E-state index contributed by atoms with van der Waals surface area (Å²) in [7, 11) is 0. The predicted octanol–water partition coefficient (Wildman–Crippen LogP) is 5.63. The van der Waals surface area contributed by atoms with Crippen LogP contribution in [0.1, 0.15) is 36.1 Å². The van der Waals surface area contributed by atoms with Crippen molar-refractivity contribution in [1.82, 2.24) is 0 Å². The average molecular weight is 318 g/mol. The van der Waals surface area contributed by atoms with Gasteiger partial charge in [-0.15, -0.1) is 0 Å². The molecule has 0 aromatic heterocycles. The molecule has 1 nitrogen and oxygen atoms in total. The molecule has 0 heterocycles. The second kappa shape index (κ2) is 6.25. The highest BCUT2D eigenvalue weighted by Crippen LogP contribution is 2.25. The van der Waals surface area contributed by atoms with Gasteiger partial charge < -0.3 is 5.32 Å². The van der Waals surface area contributed by atoms with Crippen molar-refractivity contribution in [2.24, 2.45) is 0 Å². The van der Waals surface area contributed by atoms with Gasteiger partial charge in [-0.1, -0.05) is 41.1 Å². The molecule has 1 N–H and O–H groups in total. The molecule has 0 radical (unpaired) electrons. The Kier molecular flexibility index (Phi) is 4.65. The van der Waals surface area contributed by atoms with Crippen molar-refractivity contribution < 1.29 is 0 Å². The van der Waals surface area contributed by atoms with Gasteiger partial charge in [-0.2, -0.15) is 0 Å². The summed E-state index contributed by atoms with van der Waals surface area (Å²) in [5, 5.41) is 3.63. The number of halogens is 1. The number of benzene rings is 2. The van der Waals surface area contributed by atoms with E-state index in [0.717, 1.165) is 10.9 Å². The van der Waals surface area contributed by atoms with E-state index < -0.39 is 0 Å². The van der Waals surface area contributed by atoms with E-state index >= 15 is 0 Å². The zero-order valence-electron chi connectivity index (χ0n) is 11.7. The summed E-state index contributed by atoms with van der Waals surface area (Å²) in [5.74, 6) is 0. The van der Waals surface area contributed by atoms with Gasteiger partial charge >= 0.3 is 0 Å². The molecular weight excluding hydrogens is 298 g/mol. The van der Waals surface area contributed by atoms with Crippen LogP contribution in [-0.2, 0) is 0 Å². The standard InChI is InChI=1S/C17H20BrN/c1-4-17(14-5-7-15(18)8-6-14)19-16-10-12(2)9-13(3)11-16/h5-11,17,19H,4H2,1-3H3. The molecule has 0 amide bonds. The monoisotopic (exact) mass is 317 g/mol. The first-order valence-corrected chi connectivity index (χ1v) is 7.48. The highest BCUT2D eigenvalue weighted by molar-refractivity contribution is 9.10. The lowest BCUT2D eigenvalue weighted by molar-refractivity contribution is 0.749. The van der Waals surface area contributed by atoms with Crippen LogP contribution in [-0.4, -0.2) is 0 Å². The highest BCUT2D eigenvalue weighted by Gasteiger charge is 2.09. The Balaban J connectivity index is 2.21. The van der Waals surface area contributed by atoms with Gasteiger partial charge in [0.1, 0.15) is 0 Å². The molecule has 100 valence electrons. The smallest absolute Gasteiger partial charge is 0.0511 e. The molecule has 2 heteroatoms. The minimum Gasteiger partial charge on any atom is -0.378 e. The first-order chi connectivity index (χ1) is 9.08. The Morgan fingerprint density at radius 2 is 1.58 bits per heavy atom. The number of nitrogens with one attached hydrogen (secondary N) is 1. The van der Waals surface area contributed by atoms with Gasteiger partial charge in [0, 0.05) is 10.2 Å². The Morgan fingerprint density at radius 1 is 1.00 bits per heavy atom. The molecule has 2 aromatic rings. The van der Waals surface area contributed by atoms with Crippen LogP contribution in [0.15, 0.2) is 46.9 Å². The lowest BCUT2D eigenvalue weighted by Crippen LogP contribution is -2.09. The lowest BCUT2D eigenvalue weighted by atomic mass is 10.0. The van der Waals surface area contributed by atoms with Gasteiger partial charge in [0.15, 0.2) is 0 Å². The van der Waals surface area contributed by atoms with Crippen LogP contribution in [0.4, 0.5) is 5.69 Å². The molecule has 0 fully saturated rings. The number of hydrogen-bond donors (Lipinski definition) is 1. The van der Waals surface area contributed by atoms with Crippen molar-refractivity contribution in [3.05, 3.63) is 63.6 Å². The fourth-order valence-electron chi connectivity index (χ4n) is 2.38. The van der Waals surface area contributed by atoms with Crippen LogP contribution in [0.2, 0.25) is 0 Å². The summed E-state index contributed by atoms with van der Waals surface area (Å²) in [6.07, 6.45) is 1.06. The van der Waals surface area contributed by atoms with Gasteiger partial charge in [-0.05, 0) is 61.2 Å². The molecule has 1 atom stereocenters. The Labute approximate surface area is 124 Å². The van der Waals surface area contributed by atoms with Gasteiger partial charge in [0.25, 0.3) is 0 Å². The summed E-state index contributed by atoms with van der Waals surface area (Å²) in [6.45, 7) is 6.49. The molecule has 2 rings (SSSR count). The van der Waals surface area contributed by atoms with E-state index in [1.807, 2.05) is 0 Å². The quantitative estimate of drug-likeness (QED) is 0.770. The molecule has 0 saturated heterocycles. The number of anilines is 1. The summed E-state index contributed by atoms with van der Waals surface area (Å²) >= 11 is 3.48. The Bertz CT molecular complexity index is 525. The summed E-state index contributed by atoms with van der Waals surface area (Å²) in [4.78, 5) is 0. The van der Waals surface area contributed by atoms with Crippen LogP contribution in [0.3, 0.4) is 0 Å². The molecule has 0 saturated carbocycles. The van der Waals surface area contributed by atoms with Crippen molar-refractivity contribution in [3.8, 4) is 0 Å². The Morgan fingerprint density at radius 3 is 2.11 bits per heavy atom. The third-order valence-corrected chi connectivity index (χ3v) is 3.77. The fraction of sp³-hybridized carbons (Fsp3) is 0.294. The average Bonchev–Trinajstić information content (AvgIpc) is 2.36. The van der Waals surface area contributed by atoms with Crippen LogP contribution < -0.4 is 5.32 Å². The maximum atomic E-state index is 3.63. The van der Waals surface area contributed by atoms with Gasteiger partial charge in [0.05, 0.1) is 6.04 Å². The minimum atomic E-state index is 0.356. The normalized spacial score (nSPS) is 12.2. The third-order valence-electron chi connectivity index (χ3n) is 3.24. The second-order valence-corrected chi connectivity index (χ2v) is 5.95. The maximum Gasteiger partial charge on any atom is 0.0511 e. The third kappa shape index (κ3) is 3.84. The molecule has 0 aliphatic rings. The van der Waals surface area contributed by atoms with Crippen LogP contribution in [0, 0.1) is 13.8 Å². The van der Waals surface area contributed by atoms with Crippen molar-refractivity contribution in [2.75, 3.05) is 5.32 Å².